The van der Waals surface area contributed by atoms with Crippen LogP contribution in [-0.4, -0.2) is 7.38 Å². The average Bonchev–Trinajstić information content (AvgIpc) is 2.62. The highest BCUT2D eigenvalue weighted by Gasteiger charge is 2.39. The molecule has 0 aromatic heterocycles. The van der Waals surface area contributed by atoms with E-state index < -0.39 is 7.38 Å². The number of rotatable bonds is 4. The molecule has 0 nitrogen and oxygen atoms in total. The largest absolute Gasteiger partial charge is 0.221 e. The summed E-state index contributed by atoms with van der Waals surface area (Å²) in [5.41, 5.74) is 2.73. The van der Waals surface area contributed by atoms with Crippen LogP contribution in [0.1, 0.15) is 31.9 Å². The van der Waals surface area contributed by atoms with Crippen LogP contribution in [0.15, 0.2) is 84.9 Å². The van der Waals surface area contributed by atoms with Crippen LogP contribution < -0.4 is 10.4 Å². The van der Waals surface area contributed by atoms with Gasteiger partial charge in [-0.25, -0.2) is 0 Å². The summed E-state index contributed by atoms with van der Waals surface area (Å²) in [4.78, 5) is 0. The molecule has 0 spiro atoms. The molecule has 0 N–H and O–H groups in total. The third-order valence-electron chi connectivity index (χ3n) is 4.68. The van der Waals surface area contributed by atoms with Crippen LogP contribution in [0.25, 0.3) is 0 Å². The summed E-state index contributed by atoms with van der Waals surface area (Å²) in [6, 6.07) is 30.9. The lowest BCUT2D eigenvalue weighted by Crippen LogP contribution is -2.58. The van der Waals surface area contributed by atoms with Gasteiger partial charge in [0.05, 0.1) is 0 Å². The summed E-state index contributed by atoms with van der Waals surface area (Å²) in [5.74, 6) is 0. The van der Waals surface area contributed by atoms with Gasteiger partial charge in [-0.15, -0.1) is 0 Å². The zero-order valence-corrected chi connectivity index (χ0v) is 16.9. The first-order valence-electron chi connectivity index (χ1n) is 8.79. The minimum atomic E-state index is -2.42. The first-order valence-corrected chi connectivity index (χ1v) is 12.0. The molecule has 0 aliphatic carbocycles. The van der Waals surface area contributed by atoms with E-state index in [4.69, 9.17) is 11.1 Å². The van der Waals surface area contributed by atoms with Gasteiger partial charge < -0.3 is 0 Å². The van der Waals surface area contributed by atoms with Gasteiger partial charge in [-0.2, -0.15) is 11.1 Å². The Bertz CT molecular complexity index is 821. The Hall–Kier alpha value is -1.83. The maximum Gasteiger partial charge on any atom is 0.221 e. The minimum absolute atomic E-state index is 0.0647. The molecule has 3 aromatic rings. The molecule has 0 saturated heterocycles. The summed E-state index contributed by atoms with van der Waals surface area (Å²) < 4.78 is 0. The number of hydrogen-bond donors (Lipinski definition) is 0. The van der Waals surface area contributed by atoms with Crippen LogP contribution >= 0.6 is 11.1 Å². The molecule has 0 aliphatic heterocycles. The van der Waals surface area contributed by atoms with Crippen LogP contribution in [0.5, 0.6) is 0 Å². The lowest BCUT2D eigenvalue weighted by Gasteiger charge is -2.32. The molecule has 2 heteroatoms. The topological polar surface area (TPSA) is 0 Å². The van der Waals surface area contributed by atoms with Gasteiger partial charge in [0.1, 0.15) is 0 Å². The molecule has 0 bridgehead atoms. The molecular weight excluding hydrogens is 340 g/mol. The van der Waals surface area contributed by atoms with Gasteiger partial charge in [-0.3, -0.25) is 0 Å². The highest BCUT2D eigenvalue weighted by atomic mass is 35.6. The Morgan fingerprint density at radius 1 is 0.720 bits per heavy atom. The van der Waals surface area contributed by atoms with Crippen LogP contribution in [0.2, 0.25) is 0 Å². The van der Waals surface area contributed by atoms with Gasteiger partial charge in [0.2, 0.25) is 7.38 Å². The summed E-state index contributed by atoms with van der Waals surface area (Å²) in [6.45, 7) is 6.81. The first kappa shape index (κ1) is 18.0. The summed E-state index contributed by atoms with van der Waals surface area (Å²) in [5, 5.41) is 2.61. The van der Waals surface area contributed by atoms with E-state index in [2.05, 4.69) is 106 Å². The van der Waals surface area contributed by atoms with E-state index in [9.17, 15) is 0 Å². The molecule has 0 heterocycles. The zero-order valence-electron chi connectivity index (χ0n) is 15.2. The van der Waals surface area contributed by atoms with E-state index in [0.29, 0.717) is 0 Å². The van der Waals surface area contributed by atoms with Crippen molar-refractivity contribution in [1.82, 2.24) is 0 Å². The monoisotopic (exact) mass is 364 g/mol. The van der Waals surface area contributed by atoms with Crippen molar-refractivity contribution in [2.24, 2.45) is 0 Å². The van der Waals surface area contributed by atoms with Crippen LogP contribution in [0.4, 0.5) is 0 Å². The van der Waals surface area contributed by atoms with Crippen molar-refractivity contribution in [2.45, 2.75) is 32.2 Å². The number of hydrogen-bond acceptors (Lipinski definition) is 0. The van der Waals surface area contributed by atoms with Crippen LogP contribution in [0.3, 0.4) is 0 Å². The van der Waals surface area contributed by atoms with E-state index in [0.717, 1.165) is 6.04 Å². The summed E-state index contributed by atoms with van der Waals surface area (Å²) >= 11 is 7.57. The molecule has 0 aliphatic rings. The summed E-state index contributed by atoms with van der Waals surface area (Å²) in [7, 11) is -2.42. The molecule has 128 valence electrons. The predicted molar refractivity (Wildman–Crippen MR) is 113 cm³/mol. The minimum Gasteiger partial charge on any atom is -0.154 e. The average molecular weight is 365 g/mol. The van der Waals surface area contributed by atoms with Gasteiger partial charge >= 0.3 is 0 Å². The van der Waals surface area contributed by atoms with Crippen molar-refractivity contribution in [3.8, 4) is 0 Å². The van der Waals surface area contributed by atoms with E-state index in [1.165, 1.54) is 21.5 Å². The summed E-state index contributed by atoms with van der Waals surface area (Å²) in [6.07, 6.45) is 0. The number of halogens is 1. The van der Waals surface area contributed by atoms with Crippen LogP contribution in [-0.2, 0) is 11.5 Å². The van der Waals surface area contributed by atoms with Gasteiger partial charge in [-0.05, 0) is 33.0 Å². The van der Waals surface area contributed by atoms with Crippen molar-refractivity contribution in [1.29, 1.82) is 0 Å². The second kappa shape index (κ2) is 7.19. The molecule has 0 fully saturated rings. The maximum absolute atomic E-state index is 7.57. The SMILES string of the molecule is CC(C)(C)c1ccccc1[Si](Cl)(Cc1ccccc1)c1ccccc1. The van der Waals surface area contributed by atoms with Crippen molar-refractivity contribution in [3.05, 3.63) is 96.1 Å². The Balaban J connectivity index is 2.20. The fourth-order valence-electron chi connectivity index (χ4n) is 3.41. The second-order valence-corrected chi connectivity index (χ2v) is 12.6. The smallest absolute Gasteiger partial charge is 0.154 e. The quantitative estimate of drug-likeness (QED) is 0.448. The highest BCUT2D eigenvalue weighted by molar-refractivity contribution is 7.33. The molecule has 1 unspecified atom stereocenters. The molecule has 0 amide bonds. The normalized spacial score (nSPS) is 14.1. The highest BCUT2D eigenvalue weighted by Crippen LogP contribution is 2.26. The lowest BCUT2D eigenvalue weighted by atomic mass is 9.87. The predicted octanol–water partition coefficient (Wildman–Crippen LogP) is 5.06. The fraction of sp³-hybridized carbons (Fsp3) is 0.217. The van der Waals surface area contributed by atoms with E-state index in [1.54, 1.807) is 0 Å². The Labute approximate surface area is 157 Å². The molecular formula is C23H25ClSi. The van der Waals surface area contributed by atoms with Crippen molar-refractivity contribution < 1.29 is 0 Å². The molecule has 1 atom stereocenters. The van der Waals surface area contributed by atoms with E-state index in [1.807, 2.05) is 0 Å². The fourth-order valence-corrected chi connectivity index (χ4v) is 8.22. The molecule has 0 radical (unpaired) electrons. The van der Waals surface area contributed by atoms with Gasteiger partial charge in [-0.1, -0.05) is 106 Å². The van der Waals surface area contributed by atoms with Crippen LogP contribution in [0, 0.1) is 0 Å². The standard InChI is InChI=1S/C23H25ClSi/c1-23(2,3)21-16-10-11-17-22(21)25(24,20-14-8-5-9-15-20)18-19-12-6-4-7-13-19/h4-17H,18H2,1-3H3. The van der Waals surface area contributed by atoms with Crippen molar-refractivity contribution in [3.63, 3.8) is 0 Å². The first-order chi connectivity index (χ1) is 11.9. The van der Waals surface area contributed by atoms with E-state index >= 15 is 0 Å². The van der Waals surface area contributed by atoms with Crippen molar-refractivity contribution in [2.75, 3.05) is 0 Å². The second-order valence-electron chi connectivity index (χ2n) is 7.63. The third-order valence-corrected chi connectivity index (χ3v) is 9.78. The Morgan fingerprint density at radius 3 is 1.84 bits per heavy atom. The maximum atomic E-state index is 7.57. The van der Waals surface area contributed by atoms with Crippen molar-refractivity contribution >= 4 is 28.8 Å². The third kappa shape index (κ3) is 3.89. The number of benzene rings is 3. The molecule has 0 saturated carbocycles. The van der Waals surface area contributed by atoms with Gasteiger partial charge in [0.25, 0.3) is 0 Å². The molecule has 3 rings (SSSR count). The van der Waals surface area contributed by atoms with E-state index in [-0.39, 0.29) is 5.41 Å². The lowest BCUT2D eigenvalue weighted by molar-refractivity contribution is 0.594. The van der Waals surface area contributed by atoms with Gasteiger partial charge in [0, 0.05) is 0 Å². The molecule has 3 aromatic carbocycles. The Morgan fingerprint density at radius 2 is 1.24 bits per heavy atom. The molecule has 25 heavy (non-hydrogen) atoms. The van der Waals surface area contributed by atoms with Gasteiger partial charge in [0.15, 0.2) is 0 Å². The Kier molecular flexibility index (Phi) is 5.17. The zero-order chi connectivity index (χ0) is 17.9.